The first kappa shape index (κ1) is 18.2. The Morgan fingerprint density at radius 1 is 0.926 bits per heavy atom. The SMILES string of the molecule is Cc1cc(N2CCN(C(=O)c3ccc(Br)cc3)CC2)nc(N2CCCC2)n1. The first-order chi connectivity index (χ1) is 13.1. The Hall–Kier alpha value is -2.15. The van der Waals surface area contributed by atoms with Gasteiger partial charge in [-0.05, 0) is 44.0 Å². The molecule has 2 aromatic rings. The molecule has 2 aliphatic heterocycles. The van der Waals surface area contributed by atoms with Crippen LogP contribution in [-0.2, 0) is 0 Å². The molecule has 0 aliphatic carbocycles. The van der Waals surface area contributed by atoms with Gasteiger partial charge in [0.2, 0.25) is 5.95 Å². The van der Waals surface area contributed by atoms with Crippen molar-refractivity contribution in [3.63, 3.8) is 0 Å². The molecular formula is C20H24BrN5O. The number of rotatable bonds is 3. The Bertz CT molecular complexity index is 812. The zero-order valence-corrected chi connectivity index (χ0v) is 17.2. The summed E-state index contributed by atoms with van der Waals surface area (Å²) in [5.74, 6) is 1.91. The summed E-state index contributed by atoms with van der Waals surface area (Å²) in [7, 11) is 0. The second kappa shape index (κ2) is 7.84. The highest BCUT2D eigenvalue weighted by atomic mass is 79.9. The lowest BCUT2D eigenvalue weighted by Gasteiger charge is -2.35. The number of amides is 1. The monoisotopic (exact) mass is 429 g/mol. The van der Waals surface area contributed by atoms with Crippen molar-refractivity contribution in [2.24, 2.45) is 0 Å². The van der Waals surface area contributed by atoms with Gasteiger partial charge in [-0.3, -0.25) is 4.79 Å². The summed E-state index contributed by atoms with van der Waals surface area (Å²) in [6.45, 7) is 7.10. The Morgan fingerprint density at radius 3 is 2.26 bits per heavy atom. The predicted molar refractivity (Wildman–Crippen MR) is 110 cm³/mol. The van der Waals surface area contributed by atoms with Crippen molar-refractivity contribution in [2.45, 2.75) is 19.8 Å². The fourth-order valence-corrected chi connectivity index (χ4v) is 3.94. The minimum atomic E-state index is 0.0961. The van der Waals surface area contributed by atoms with Crippen molar-refractivity contribution >= 4 is 33.6 Å². The maximum Gasteiger partial charge on any atom is 0.253 e. The van der Waals surface area contributed by atoms with E-state index in [0.29, 0.717) is 13.1 Å². The lowest BCUT2D eigenvalue weighted by molar-refractivity contribution is 0.0746. The average molecular weight is 430 g/mol. The highest BCUT2D eigenvalue weighted by molar-refractivity contribution is 9.10. The van der Waals surface area contributed by atoms with Gasteiger partial charge in [-0.15, -0.1) is 0 Å². The van der Waals surface area contributed by atoms with Crippen LogP contribution in [0.4, 0.5) is 11.8 Å². The highest BCUT2D eigenvalue weighted by Gasteiger charge is 2.24. The summed E-state index contributed by atoms with van der Waals surface area (Å²) in [6.07, 6.45) is 2.42. The van der Waals surface area contributed by atoms with Gasteiger partial charge in [0, 0.05) is 61.1 Å². The van der Waals surface area contributed by atoms with Crippen LogP contribution < -0.4 is 9.80 Å². The van der Waals surface area contributed by atoms with Crippen LogP contribution in [0.3, 0.4) is 0 Å². The molecule has 0 radical (unpaired) electrons. The Labute approximate surface area is 168 Å². The summed E-state index contributed by atoms with van der Waals surface area (Å²) in [5, 5.41) is 0. The van der Waals surface area contributed by atoms with E-state index < -0.39 is 0 Å². The first-order valence-electron chi connectivity index (χ1n) is 9.50. The number of hydrogen-bond donors (Lipinski definition) is 0. The molecule has 1 aromatic carbocycles. The minimum absolute atomic E-state index is 0.0961. The van der Waals surface area contributed by atoms with Crippen LogP contribution in [0.25, 0.3) is 0 Å². The quantitative estimate of drug-likeness (QED) is 0.749. The van der Waals surface area contributed by atoms with E-state index in [2.05, 4.69) is 30.7 Å². The Kier molecular flexibility index (Phi) is 5.29. The third kappa shape index (κ3) is 4.08. The van der Waals surface area contributed by atoms with E-state index in [1.165, 1.54) is 12.8 Å². The van der Waals surface area contributed by atoms with E-state index in [1.807, 2.05) is 42.2 Å². The van der Waals surface area contributed by atoms with Crippen LogP contribution in [0, 0.1) is 6.92 Å². The van der Waals surface area contributed by atoms with Crippen LogP contribution in [0.5, 0.6) is 0 Å². The first-order valence-corrected chi connectivity index (χ1v) is 10.3. The van der Waals surface area contributed by atoms with E-state index in [9.17, 15) is 4.79 Å². The predicted octanol–water partition coefficient (Wildman–Crippen LogP) is 3.11. The molecule has 0 unspecified atom stereocenters. The van der Waals surface area contributed by atoms with E-state index >= 15 is 0 Å². The second-order valence-corrected chi connectivity index (χ2v) is 8.06. The summed E-state index contributed by atoms with van der Waals surface area (Å²) < 4.78 is 0.983. The number of piperazine rings is 1. The van der Waals surface area contributed by atoms with Crippen LogP contribution in [-0.4, -0.2) is 60.0 Å². The van der Waals surface area contributed by atoms with Crippen molar-refractivity contribution in [3.8, 4) is 0 Å². The molecule has 0 spiro atoms. The topological polar surface area (TPSA) is 52.6 Å². The summed E-state index contributed by atoms with van der Waals surface area (Å²) in [6, 6.07) is 9.61. The summed E-state index contributed by atoms with van der Waals surface area (Å²) in [4.78, 5) is 28.6. The third-order valence-electron chi connectivity index (χ3n) is 5.20. The maximum atomic E-state index is 12.7. The van der Waals surface area contributed by atoms with Gasteiger partial charge in [0.05, 0.1) is 0 Å². The van der Waals surface area contributed by atoms with Crippen LogP contribution in [0.15, 0.2) is 34.8 Å². The molecule has 0 atom stereocenters. The zero-order valence-electron chi connectivity index (χ0n) is 15.6. The number of hydrogen-bond acceptors (Lipinski definition) is 5. The molecule has 2 aliphatic rings. The van der Waals surface area contributed by atoms with Crippen molar-refractivity contribution in [3.05, 3.63) is 46.1 Å². The minimum Gasteiger partial charge on any atom is -0.353 e. The zero-order chi connectivity index (χ0) is 18.8. The normalized spacial score (nSPS) is 17.5. The summed E-state index contributed by atoms with van der Waals surface area (Å²) in [5.41, 5.74) is 1.73. The van der Waals surface area contributed by atoms with Crippen molar-refractivity contribution in [1.29, 1.82) is 0 Å². The largest absolute Gasteiger partial charge is 0.353 e. The molecule has 2 fully saturated rings. The molecule has 27 heavy (non-hydrogen) atoms. The molecule has 0 N–H and O–H groups in total. The van der Waals surface area contributed by atoms with E-state index in [4.69, 9.17) is 4.98 Å². The molecule has 4 rings (SSSR count). The van der Waals surface area contributed by atoms with Gasteiger partial charge in [0.25, 0.3) is 5.91 Å². The number of benzene rings is 1. The molecule has 1 aromatic heterocycles. The molecule has 0 saturated carbocycles. The van der Waals surface area contributed by atoms with Gasteiger partial charge < -0.3 is 14.7 Å². The molecular weight excluding hydrogens is 406 g/mol. The second-order valence-electron chi connectivity index (χ2n) is 7.15. The van der Waals surface area contributed by atoms with Gasteiger partial charge in [-0.25, -0.2) is 4.98 Å². The third-order valence-corrected chi connectivity index (χ3v) is 5.73. The fraction of sp³-hybridized carbons (Fsp3) is 0.450. The molecule has 2 saturated heterocycles. The number of nitrogens with zero attached hydrogens (tertiary/aromatic N) is 5. The molecule has 3 heterocycles. The van der Waals surface area contributed by atoms with Gasteiger partial charge in [-0.1, -0.05) is 15.9 Å². The number of anilines is 2. The van der Waals surface area contributed by atoms with Crippen LogP contribution >= 0.6 is 15.9 Å². The molecule has 6 nitrogen and oxygen atoms in total. The molecule has 142 valence electrons. The smallest absolute Gasteiger partial charge is 0.253 e. The van der Waals surface area contributed by atoms with Gasteiger partial charge >= 0.3 is 0 Å². The Balaban J connectivity index is 1.43. The van der Waals surface area contributed by atoms with Crippen LogP contribution in [0.1, 0.15) is 28.9 Å². The molecule has 7 heteroatoms. The lowest BCUT2D eigenvalue weighted by atomic mass is 10.2. The van der Waals surface area contributed by atoms with Gasteiger partial charge in [0.15, 0.2) is 0 Å². The number of aryl methyl sites for hydroxylation is 1. The fourth-order valence-electron chi connectivity index (χ4n) is 3.67. The highest BCUT2D eigenvalue weighted by Crippen LogP contribution is 2.22. The Morgan fingerprint density at radius 2 is 1.59 bits per heavy atom. The van der Waals surface area contributed by atoms with Crippen molar-refractivity contribution in [2.75, 3.05) is 49.1 Å². The molecule has 0 bridgehead atoms. The number of aromatic nitrogens is 2. The van der Waals surface area contributed by atoms with Crippen molar-refractivity contribution in [1.82, 2.24) is 14.9 Å². The average Bonchev–Trinajstić information content (AvgIpc) is 3.23. The van der Waals surface area contributed by atoms with E-state index in [1.54, 1.807) is 0 Å². The van der Waals surface area contributed by atoms with Gasteiger partial charge in [0.1, 0.15) is 5.82 Å². The maximum absolute atomic E-state index is 12.7. The van der Waals surface area contributed by atoms with Gasteiger partial charge in [-0.2, -0.15) is 4.98 Å². The molecule has 1 amide bonds. The lowest BCUT2D eigenvalue weighted by Crippen LogP contribution is -2.49. The van der Waals surface area contributed by atoms with Crippen molar-refractivity contribution < 1.29 is 4.79 Å². The van der Waals surface area contributed by atoms with E-state index in [0.717, 1.165) is 53.7 Å². The van der Waals surface area contributed by atoms with E-state index in [-0.39, 0.29) is 5.91 Å². The standard InChI is InChI=1S/C20H24BrN5O/c1-15-14-18(23-20(22-15)26-8-2-3-9-26)24-10-12-25(13-11-24)19(27)16-4-6-17(21)7-5-16/h4-7,14H,2-3,8-13H2,1H3. The number of carbonyl (C=O) groups excluding carboxylic acids is 1. The number of carbonyl (C=O) groups is 1. The number of halogens is 1. The summed E-state index contributed by atoms with van der Waals surface area (Å²) >= 11 is 3.41. The van der Waals surface area contributed by atoms with Crippen LogP contribution in [0.2, 0.25) is 0 Å².